The average molecular weight is 225 g/mol. The number of carbonyl (C=O) groups excluding carboxylic acids is 1. The summed E-state index contributed by atoms with van der Waals surface area (Å²) in [6, 6.07) is -1.71. The highest BCUT2D eigenvalue weighted by Crippen LogP contribution is 2.24. The van der Waals surface area contributed by atoms with Gasteiger partial charge < -0.3 is 10.6 Å². The van der Waals surface area contributed by atoms with Crippen molar-refractivity contribution in [3.05, 3.63) is 0 Å². The molecule has 0 aromatic carbocycles. The first-order chi connectivity index (χ1) is 6.86. The highest BCUT2D eigenvalue weighted by molar-refractivity contribution is 5.78. The van der Waals surface area contributed by atoms with E-state index in [0.29, 0.717) is 6.54 Å². The van der Waals surface area contributed by atoms with Gasteiger partial charge in [-0.25, -0.2) is 0 Å². The maximum Gasteiger partial charge on any atom is 0.405 e. The van der Waals surface area contributed by atoms with Gasteiger partial charge in [0.1, 0.15) is 6.04 Å². The van der Waals surface area contributed by atoms with Crippen LogP contribution in [0.4, 0.5) is 13.2 Å². The molecule has 88 valence electrons. The predicted molar refractivity (Wildman–Crippen MR) is 48.1 cm³/mol. The van der Waals surface area contributed by atoms with Crippen LogP contribution in [0.3, 0.4) is 0 Å². The van der Waals surface area contributed by atoms with Crippen LogP contribution in [0.15, 0.2) is 0 Å². The van der Waals surface area contributed by atoms with Crippen LogP contribution in [0, 0.1) is 0 Å². The summed E-state index contributed by atoms with van der Waals surface area (Å²) in [5, 5.41) is 0. The molecule has 7 heteroatoms. The van der Waals surface area contributed by atoms with Crippen molar-refractivity contribution in [2.75, 3.05) is 33.2 Å². The van der Waals surface area contributed by atoms with Crippen molar-refractivity contribution in [1.82, 2.24) is 9.80 Å². The number of rotatable bonds is 2. The van der Waals surface area contributed by atoms with Crippen molar-refractivity contribution in [3.63, 3.8) is 0 Å². The lowest BCUT2D eigenvalue weighted by Crippen LogP contribution is -2.58. The summed E-state index contributed by atoms with van der Waals surface area (Å²) in [7, 11) is 1.57. The number of likely N-dealkylation sites (N-methyl/N-ethyl adjacent to an activating group) is 1. The van der Waals surface area contributed by atoms with Gasteiger partial charge in [0, 0.05) is 26.7 Å². The molecule has 1 unspecified atom stereocenters. The first-order valence-corrected chi connectivity index (χ1v) is 4.61. The summed E-state index contributed by atoms with van der Waals surface area (Å²) >= 11 is 0. The quantitative estimate of drug-likeness (QED) is 0.699. The van der Waals surface area contributed by atoms with Crippen molar-refractivity contribution in [2.45, 2.75) is 12.2 Å². The molecule has 1 aliphatic heterocycles. The molecule has 0 aromatic rings. The molecule has 1 heterocycles. The number of hydrogen-bond acceptors (Lipinski definition) is 3. The number of amides is 1. The molecule has 0 bridgehead atoms. The summed E-state index contributed by atoms with van der Waals surface area (Å²) in [5.74, 6) is -0.302. The fraction of sp³-hybridized carbons (Fsp3) is 0.875. The molecule has 0 saturated carbocycles. The molecule has 0 aliphatic carbocycles. The lowest BCUT2D eigenvalue weighted by Gasteiger charge is -2.37. The van der Waals surface area contributed by atoms with Crippen LogP contribution in [0.25, 0.3) is 0 Å². The SMILES string of the molecule is CN1CCN(C(CN)C(F)(F)F)CC1=O. The Balaban J connectivity index is 2.67. The van der Waals surface area contributed by atoms with Gasteiger partial charge in [0.25, 0.3) is 0 Å². The number of hydrogen-bond donors (Lipinski definition) is 1. The van der Waals surface area contributed by atoms with Gasteiger partial charge in [-0.15, -0.1) is 0 Å². The first kappa shape index (κ1) is 12.3. The minimum atomic E-state index is -4.37. The van der Waals surface area contributed by atoms with Crippen molar-refractivity contribution < 1.29 is 18.0 Å². The molecule has 0 radical (unpaired) electrons. The fourth-order valence-corrected chi connectivity index (χ4v) is 1.53. The Labute approximate surface area is 85.8 Å². The van der Waals surface area contributed by atoms with Crippen molar-refractivity contribution >= 4 is 5.91 Å². The molecule has 15 heavy (non-hydrogen) atoms. The number of alkyl halides is 3. The number of piperazine rings is 1. The molecule has 4 nitrogen and oxygen atoms in total. The van der Waals surface area contributed by atoms with Gasteiger partial charge in [0.05, 0.1) is 6.54 Å². The molecule has 1 fully saturated rings. The summed E-state index contributed by atoms with van der Waals surface area (Å²) in [6.45, 7) is -0.201. The van der Waals surface area contributed by atoms with Crippen molar-refractivity contribution in [2.24, 2.45) is 5.73 Å². The largest absolute Gasteiger partial charge is 0.405 e. The second kappa shape index (κ2) is 4.36. The van der Waals surface area contributed by atoms with Crippen LogP contribution >= 0.6 is 0 Å². The van der Waals surface area contributed by atoms with E-state index >= 15 is 0 Å². The number of carbonyl (C=O) groups is 1. The molecule has 0 spiro atoms. The van der Waals surface area contributed by atoms with Crippen LogP contribution in [0.2, 0.25) is 0 Å². The molecule has 1 aliphatic rings. The molecule has 1 rings (SSSR count). The van der Waals surface area contributed by atoms with Crippen molar-refractivity contribution in [1.29, 1.82) is 0 Å². The molecular weight excluding hydrogens is 211 g/mol. The van der Waals surface area contributed by atoms with Gasteiger partial charge in [-0.3, -0.25) is 9.69 Å². The third-order valence-electron chi connectivity index (χ3n) is 2.53. The minimum absolute atomic E-state index is 0.210. The Morgan fingerprint density at radius 2 is 2.07 bits per heavy atom. The Hall–Kier alpha value is -0.820. The lowest BCUT2D eigenvalue weighted by atomic mass is 10.2. The normalized spacial score (nSPS) is 21.9. The highest BCUT2D eigenvalue weighted by atomic mass is 19.4. The van der Waals surface area contributed by atoms with E-state index in [-0.39, 0.29) is 19.0 Å². The summed E-state index contributed by atoms with van der Waals surface area (Å²) in [4.78, 5) is 13.7. The van der Waals surface area contributed by atoms with Crippen molar-refractivity contribution in [3.8, 4) is 0 Å². The van der Waals surface area contributed by atoms with E-state index in [1.165, 1.54) is 4.90 Å². The topological polar surface area (TPSA) is 49.6 Å². The second-order valence-corrected chi connectivity index (χ2v) is 3.58. The van der Waals surface area contributed by atoms with Gasteiger partial charge >= 0.3 is 6.18 Å². The molecule has 0 aromatic heterocycles. The minimum Gasteiger partial charge on any atom is -0.343 e. The lowest BCUT2D eigenvalue weighted by molar-refractivity contribution is -0.186. The Morgan fingerprint density at radius 3 is 2.47 bits per heavy atom. The standard InChI is InChI=1S/C8H14F3N3O/c1-13-2-3-14(5-7(13)15)6(4-12)8(9,10)11/h6H,2-5,12H2,1H3. The zero-order chi connectivity index (χ0) is 11.6. The Kier molecular flexibility index (Phi) is 3.56. The van der Waals surface area contributed by atoms with Crippen LogP contribution in [-0.4, -0.2) is 61.2 Å². The Morgan fingerprint density at radius 1 is 1.47 bits per heavy atom. The van der Waals surface area contributed by atoms with Crippen LogP contribution in [-0.2, 0) is 4.79 Å². The van der Waals surface area contributed by atoms with Crippen LogP contribution in [0.1, 0.15) is 0 Å². The first-order valence-electron chi connectivity index (χ1n) is 4.61. The van der Waals surface area contributed by atoms with Gasteiger partial charge in [0.2, 0.25) is 5.91 Å². The zero-order valence-electron chi connectivity index (χ0n) is 8.42. The Bertz CT molecular complexity index is 244. The molecule has 2 N–H and O–H groups in total. The van der Waals surface area contributed by atoms with E-state index in [2.05, 4.69) is 0 Å². The summed E-state index contributed by atoms with van der Waals surface area (Å²) in [6.07, 6.45) is -4.37. The molecule has 1 saturated heterocycles. The third kappa shape index (κ3) is 2.82. The van der Waals surface area contributed by atoms with E-state index in [1.54, 1.807) is 7.05 Å². The van der Waals surface area contributed by atoms with Crippen LogP contribution < -0.4 is 5.73 Å². The fourth-order valence-electron chi connectivity index (χ4n) is 1.53. The smallest absolute Gasteiger partial charge is 0.343 e. The number of halogens is 3. The molecule has 1 atom stereocenters. The number of nitrogens with zero attached hydrogens (tertiary/aromatic N) is 2. The summed E-state index contributed by atoms with van der Waals surface area (Å²) < 4.78 is 37.4. The predicted octanol–water partition coefficient (Wildman–Crippen LogP) is -0.350. The third-order valence-corrected chi connectivity index (χ3v) is 2.53. The van der Waals surface area contributed by atoms with Gasteiger partial charge in [-0.05, 0) is 0 Å². The van der Waals surface area contributed by atoms with E-state index in [0.717, 1.165) is 4.90 Å². The highest BCUT2D eigenvalue weighted by Gasteiger charge is 2.44. The maximum atomic E-state index is 12.5. The van der Waals surface area contributed by atoms with Gasteiger partial charge in [-0.2, -0.15) is 13.2 Å². The second-order valence-electron chi connectivity index (χ2n) is 3.58. The average Bonchev–Trinajstić information content (AvgIpc) is 2.10. The van der Waals surface area contributed by atoms with Gasteiger partial charge in [0.15, 0.2) is 0 Å². The van der Waals surface area contributed by atoms with E-state index in [4.69, 9.17) is 5.73 Å². The molecular formula is C8H14F3N3O. The number of nitrogens with two attached hydrogens (primary N) is 1. The van der Waals surface area contributed by atoms with E-state index in [1.807, 2.05) is 0 Å². The maximum absolute atomic E-state index is 12.5. The molecule has 1 amide bonds. The van der Waals surface area contributed by atoms with E-state index < -0.39 is 18.8 Å². The monoisotopic (exact) mass is 225 g/mol. The summed E-state index contributed by atoms with van der Waals surface area (Å²) in [5.41, 5.74) is 5.08. The van der Waals surface area contributed by atoms with Gasteiger partial charge in [-0.1, -0.05) is 0 Å². The zero-order valence-corrected chi connectivity index (χ0v) is 8.42. The van der Waals surface area contributed by atoms with E-state index in [9.17, 15) is 18.0 Å². The van der Waals surface area contributed by atoms with Crippen LogP contribution in [0.5, 0.6) is 0 Å².